The van der Waals surface area contributed by atoms with Crippen molar-refractivity contribution in [1.82, 2.24) is 19.7 Å². The molecule has 29 heavy (non-hydrogen) atoms. The molecule has 1 saturated heterocycles. The Morgan fingerprint density at radius 3 is 2.62 bits per heavy atom. The Labute approximate surface area is 167 Å². The van der Waals surface area contributed by atoms with Gasteiger partial charge in [-0.25, -0.2) is 4.98 Å². The lowest BCUT2D eigenvalue weighted by molar-refractivity contribution is -0.0246. The van der Waals surface area contributed by atoms with Crippen LogP contribution in [-0.2, 0) is 11.8 Å². The number of primary amides is 1. The molecule has 3 heterocycles. The van der Waals surface area contributed by atoms with E-state index in [-0.39, 0.29) is 12.0 Å². The molecule has 148 valence electrons. The highest BCUT2D eigenvalue weighted by Gasteiger charge is 2.27. The van der Waals surface area contributed by atoms with Crippen molar-refractivity contribution in [3.8, 4) is 11.3 Å². The number of morpholine rings is 1. The number of aromatic nitrogens is 3. The van der Waals surface area contributed by atoms with Crippen molar-refractivity contribution >= 4 is 11.8 Å². The number of nitrogens with zero attached hydrogens (tertiary/aromatic N) is 4. The van der Waals surface area contributed by atoms with Crippen LogP contribution in [0.15, 0.2) is 54.9 Å². The zero-order valence-corrected chi connectivity index (χ0v) is 16.0. The standard InChI is InChI=1S/C21H21N5O3/c1-25-12-16(11-23-25)21(28)26-9-10-29-19(13-26)18-4-2-3-17(24-18)14-5-7-15(8-6-14)20(22)27/h2-8,11-12,19H,9-10,13H2,1H3,(H2,22,27)/t19-/m0/s1. The van der Waals surface area contributed by atoms with Gasteiger partial charge in [-0.2, -0.15) is 5.10 Å². The molecule has 1 aliphatic rings. The molecule has 8 heteroatoms. The quantitative estimate of drug-likeness (QED) is 0.730. The minimum Gasteiger partial charge on any atom is -0.368 e. The summed E-state index contributed by atoms with van der Waals surface area (Å²) in [5, 5.41) is 4.07. The van der Waals surface area contributed by atoms with E-state index in [0.29, 0.717) is 30.8 Å². The molecule has 3 aromatic rings. The van der Waals surface area contributed by atoms with E-state index in [2.05, 4.69) is 5.10 Å². The Morgan fingerprint density at radius 2 is 1.93 bits per heavy atom. The molecule has 0 saturated carbocycles. The first kappa shape index (κ1) is 18.8. The van der Waals surface area contributed by atoms with Crippen LogP contribution >= 0.6 is 0 Å². The van der Waals surface area contributed by atoms with Crippen molar-refractivity contribution < 1.29 is 14.3 Å². The van der Waals surface area contributed by atoms with Gasteiger partial charge in [-0.05, 0) is 24.3 Å². The Morgan fingerprint density at radius 1 is 1.14 bits per heavy atom. The molecule has 2 amide bonds. The number of hydrogen-bond donors (Lipinski definition) is 1. The van der Waals surface area contributed by atoms with Gasteiger partial charge < -0.3 is 15.4 Å². The van der Waals surface area contributed by atoms with E-state index in [1.54, 1.807) is 41.2 Å². The molecule has 0 bridgehead atoms. The van der Waals surface area contributed by atoms with Crippen molar-refractivity contribution in [2.45, 2.75) is 6.10 Å². The van der Waals surface area contributed by atoms with Crippen molar-refractivity contribution in [1.29, 1.82) is 0 Å². The first-order valence-electron chi connectivity index (χ1n) is 9.28. The summed E-state index contributed by atoms with van der Waals surface area (Å²) in [4.78, 5) is 30.5. The van der Waals surface area contributed by atoms with Crippen molar-refractivity contribution in [2.75, 3.05) is 19.7 Å². The van der Waals surface area contributed by atoms with Gasteiger partial charge >= 0.3 is 0 Å². The zero-order chi connectivity index (χ0) is 20.4. The predicted molar refractivity (Wildman–Crippen MR) is 106 cm³/mol. The second kappa shape index (κ2) is 7.84. The molecule has 2 aromatic heterocycles. The number of aryl methyl sites for hydroxylation is 1. The number of amides is 2. The van der Waals surface area contributed by atoms with E-state index in [1.807, 2.05) is 30.3 Å². The summed E-state index contributed by atoms with van der Waals surface area (Å²) in [6.45, 7) is 1.39. The molecule has 4 rings (SSSR count). The second-order valence-electron chi connectivity index (χ2n) is 6.90. The summed E-state index contributed by atoms with van der Waals surface area (Å²) in [5.41, 5.74) is 8.69. The van der Waals surface area contributed by atoms with Crippen molar-refractivity contribution in [3.05, 3.63) is 71.7 Å². The second-order valence-corrected chi connectivity index (χ2v) is 6.90. The van der Waals surface area contributed by atoms with Crippen LogP contribution in [0.3, 0.4) is 0 Å². The fourth-order valence-corrected chi connectivity index (χ4v) is 3.32. The smallest absolute Gasteiger partial charge is 0.257 e. The maximum Gasteiger partial charge on any atom is 0.257 e. The zero-order valence-electron chi connectivity index (χ0n) is 16.0. The van der Waals surface area contributed by atoms with Crippen LogP contribution < -0.4 is 5.73 Å². The molecular weight excluding hydrogens is 370 g/mol. The summed E-state index contributed by atoms with van der Waals surface area (Å²) in [6, 6.07) is 12.7. The van der Waals surface area contributed by atoms with Crippen LogP contribution in [0.25, 0.3) is 11.3 Å². The molecule has 1 aliphatic heterocycles. The van der Waals surface area contributed by atoms with E-state index in [0.717, 1.165) is 17.0 Å². The lowest BCUT2D eigenvalue weighted by Crippen LogP contribution is -2.42. The highest BCUT2D eigenvalue weighted by Crippen LogP contribution is 2.25. The van der Waals surface area contributed by atoms with E-state index >= 15 is 0 Å². The van der Waals surface area contributed by atoms with Crippen molar-refractivity contribution in [3.63, 3.8) is 0 Å². The van der Waals surface area contributed by atoms with Gasteiger partial charge in [0.2, 0.25) is 5.91 Å². The SMILES string of the molecule is Cn1cc(C(=O)N2CCO[C@H](c3cccc(-c4ccc(C(N)=O)cc4)n3)C2)cn1. The highest BCUT2D eigenvalue weighted by atomic mass is 16.5. The third-order valence-electron chi connectivity index (χ3n) is 4.87. The van der Waals surface area contributed by atoms with E-state index in [1.165, 1.54) is 0 Å². The summed E-state index contributed by atoms with van der Waals surface area (Å²) in [6.07, 6.45) is 2.97. The number of pyridine rings is 1. The number of ether oxygens (including phenoxy) is 1. The van der Waals surface area contributed by atoms with Gasteiger partial charge in [-0.1, -0.05) is 18.2 Å². The minimum absolute atomic E-state index is 0.0652. The predicted octanol–water partition coefficient (Wildman–Crippen LogP) is 1.79. The lowest BCUT2D eigenvalue weighted by atomic mass is 10.1. The average molecular weight is 391 g/mol. The molecule has 0 aliphatic carbocycles. The Kier molecular flexibility index (Phi) is 5.09. The Bertz CT molecular complexity index is 1040. The molecule has 2 N–H and O–H groups in total. The number of benzene rings is 1. The van der Waals surface area contributed by atoms with Crippen molar-refractivity contribution in [2.24, 2.45) is 12.8 Å². The number of hydrogen-bond acceptors (Lipinski definition) is 5. The van der Waals surface area contributed by atoms with Gasteiger partial charge in [-0.3, -0.25) is 14.3 Å². The van der Waals surface area contributed by atoms with Gasteiger partial charge in [-0.15, -0.1) is 0 Å². The van der Waals surface area contributed by atoms with Crippen LogP contribution in [0, 0.1) is 0 Å². The molecule has 1 aromatic carbocycles. The average Bonchev–Trinajstić information content (AvgIpc) is 3.20. The summed E-state index contributed by atoms with van der Waals surface area (Å²) in [5.74, 6) is -0.531. The van der Waals surface area contributed by atoms with E-state index in [9.17, 15) is 9.59 Å². The monoisotopic (exact) mass is 391 g/mol. The summed E-state index contributed by atoms with van der Waals surface area (Å²) >= 11 is 0. The van der Waals surface area contributed by atoms with Gasteiger partial charge in [0, 0.05) is 30.9 Å². The van der Waals surface area contributed by atoms with Gasteiger partial charge in [0.25, 0.3) is 5.91 Å². The normalized spacial score (nSPS) is 16.6. The highest BCUT2D eigenvalue weighted by molar-refractivity contribution is 5.94. The van der Waals surface area contributed by atoms with Crippen LogP contribution in [0.5, 0.6) is 0 Å². The van der Waals surface area contributed by atoms with E-state index in [4.69, 9.17) is 15.5 Å². The van der Waals surface area contributed by atoms with Gasteiger partial charge in [0.15, 0.2) is 0 Å². The minimum atomic E-state index is -0.466. The van der Waals surface area contributed by atoms with Gasteiger partial charge in [0.1, 0.15) is 6.10 Å². The molecular formula is C21H21N5O3. The topological polar surface area (TPSA) is 103 Å². The van der Waals surface area contributed by atoms with Crippen LogP contribution in [0.4, 0.5) is 0 Å². The Balaban J connectivity index is 1.53. The Hall–Kier alpha value is -3.52. The summed E-state index contributed by atoms with van der Waals surface area (Å²) in [7, 11) is 1.78. The maximum atomic E-state index is 12.7. The lowest BCUT2D eigenvalue weighted by Gasteiger charge is -2.32. The third-order valence-corrected chi connectivity index (χ3v) is 4.87. The number of carbonyl (C=O) groups is 2. The van der Waals surface area contributed by atoms with Crippen LogP contribution in [0.1, 0.15) is 32.5 Å². The van der Waals surface area contributed by atoms with Crippen LogP contribution in [0.2, 0.25) is 0 Å². The van der Waals surface area contributed by atoms with Crippen LogP contribution in [-0.4, -0.2) is 51.2 Å². The molecule has 0 radical (unpaired) electrons. The molecule has 0 spiro atoms. The molecule has 0 unspecified atom stereocenters. The molecule has 1 fully saturated rings. The maximum absolute atomic E-state index is 12.7. The third kappa shape index (κ3) is 4.02. The first-order valence-corrected chi connectivity index (χ1v) is 9.28. The first-order chi connectivity index (χ1) is 14.0. The van der Waals surface area contributed by atoms with Gasteiger partial charge in [0.05, 0.1) is 36.3 Å². The largest absolute Gasteiger partial charge is 0.368 e. The number of rotatable bonds is 4. The fraction of sp³-hybridized carbons (Fsp3) is 0.238. The number of nitrogens with two attached hydrogens (primary N) is 1. The number of carbonyl (C=O) groups excluding carboxylic acids is 2. The fourth-order valence-electron chi connectivity index (χ4n) is 3.32. The molecule has 8 nitrogen and oxygen atoms in total. The molecule has 1 atom stereocenters. The van der Waals surface area contributed by atoms with E-state index < -0.39 is 5.91 Å². The summed E-state index contributed by atoms with van der Waals surface area (Å²) < 4.78 is 7.50.